The molecule has 0 aliphatic heterocycles. The first-order valence-corrected chi connectivity index (χ1v) is 11.4. The van der Waals surface area contributed by atoms with Gasteiger partial charge < -0.3 is 31.2 Å². The second kappa shape index (κ2) is 11.3. The zero-order valence-electron chi connectivity index (χ0n) is 19.6. The van der Waals surface area contributed by atoms with Gasteiger partial charge in [-0.15, -0.1) is 0 Å². The first kappa shape index (κ1) is 25.5. The van der Waals surface area contributed by atoms with Crippen LogP contribution in [0.4, 0.5) is 5.69 Å². The van der Waals surface area contributed by atoms with E-state index in [0.29, 0.717) is 17.1 Å². The van der Waals surface area contributed by atoms with E-state index in [-0.39, 0.29) is 35.3 Å². The van der Waals surface area contributed by atoms with Gasteiger partial charge in [-0.25, -0.2) is 0 Å². The number of hydrogen-bond donors (Lipinski definition) is 3. The van der Waals surface area contributed by atoms with E-state index in [1.165, 1.54) is 12.0 Å². The number of benzene rings is 2. The Hall–Kier alpha value is -4.12. The fourth-order valence-corrected chi connectivity index (χ4v) is 4.14. The van der Waals surface area contributed by atoms with Crippen molar-refractivity contribution < 1.29 is 23.9 Å². The summed E-state index contributed by atoms with van der Waals surface area (Å²) < 4.78 is 14.5. The number of methoxy groups -OCH3 is 2. The monoisotopic (exact) mass is 497 g/mol. The first-order chi connectivity index (χ1) is 16.8. The third-order valence-corrected chi connectivity index (χ3v) is 6.27. The molecule has 0 saturated heterocycles. The van der Waals surface area contributed by atoms with Gasteiger partial charge in [-0.05, 0) is 42.2 Å². The molecule has 1 atom stereocenters. The van der Waals surface area contributed by atoms with Gasteiger partial charge in [-0.2, -0.15) is 4.37 Å². The summed E-state index contributed by atoms with van der Waals surface area (Å²) in [6, 6.07) is 13.6. The van der Waals surface area contributed by atoms with Crippen LogP contribution in [0.15, 0.2) is 48.5 Å². The van der Waals surface area contributed by atoms with Crippen LogP contribution < -0.4 is 26.3 Å². The molecule has 0 bridgehead atoms. The van der Waals surface area contributed by atoms with Crippen LogP contribution in [-0.4, -0.2) is 47.3 Å². The zero-order valence-corrected chi connectivity index (χ0v) is 20.4. The van der Waals surface area contributed by atoms with Gasteiger partial charge in [-0.1, -0.05) is 30.3 Å². The largest absolute Gasteiger partial charge is 0.497 e. The smallest absolute Gasteiger partial charge is 0.270 e. The molecule has 0 radical (unpaired) electrons. The number of hydrogen-bond acceptors (Lipinski definition) is 8. The van der Waals surface area contributed by atoms with Crippen LogP contribution in [0.1, 0.15) is 38.2 Å². The van der Waals surface area contributed by atoms with Gasteiger partial charge in [-0.3, -0.25) is 14.4 Å². The molecule has 5 N–H and O–H groups in total. The molecule has 2 aromatic carbocycles. The molecule has 1 heterocycles. The molecule has 0 unspecified atom stereocenters. The maximum Gasteiger partial charge on any atom is 0.270 e. The highest BCUT2D eigenvalue weighted by Gasteiger charge is 2.31. The molecule has 0 spiro atoms. The standard InChI is InChI=1S/C24H27N5O5S/c1-14(23(31)27-12-15-8-10-17(33-2)11-9-15)29(13-16-6-4-5-7-18(16)34-3)24(32)21-19(25)20(22(26)30)28-35-21/h4-11,14H,12-13,25H2,1-3H3,(H2,26,30)(H,27,31)/t14-/m0/s1. The molecule has 35 heavy (non-hydrogen) atoms. The van der Waals surface area contributed by atoms with Crippen molar-refractivity contribution in [2.75, 3.05) is 20.0 Å². The van der Waals surface area contributed by atoms with Crippen LogP contribution in [0.25, 0.3) is 0 Å². The summed E-state index contributed by atoms with van der Waals surface area (Å²) in [5.74, 6) is -0.488. The van der Waals surface area contributed by atoms with Crippen LogP contribution in [0, 0.1) is 0 Å². The highest BCUT2D eigenvalue weighted by atomic mass is 32.1. The van der Waals surface area contributed by atoms with Crippen LogP contribution in [-0.2, 0) is 17.9 Å². The Balaban J connectivity index is 1.86. The number of rotatable bonds is 10. The van der Waals surface area contributed by atoms with Crippen molar-refractivity contribution in [2.45, 2.75) is 26.1 Å². The molecule has 3 rings (SSSR count). The molecule has 0 saturated carbocycles. The lowest BCUT2D eigenvalue weighted by atomic mass is 10.1. The van der Waals surface area contributed by atoms with E-state index >= 15 is 0 Å². The van der Waals surface area contributed by atoms with E-state index in [1.54, 1.807) is 50.4 Å². The average Bonchev–Trinajstić information content (AvgIpc) is 3.27. The van der Waals surface area contributed by atoms with E-state index in [9.17, 15) is 14.4 Å². The highest BCUT2D eigenvalue weighted by molar-refractivity contribution is 7.09. The molecule has 0 aliphatic carbocycles. The number of nitrogens with two attached hydrogens (primary N) is 2. The Bertz CT molecular complexity index is 1210. The number of anilines is 1. The van der Waals surface area contributed by atoms with Gasteiger partial charge in [0, 0.05) is 12.1 Å². The second-order valence-corrected chi connectivity index (χ2v) is 8.40. The van der Waals surface area contributed by atoms with Crippen molar-refractivity contribution >= 4 is 34.9 Å². The number of carbonyl (C=O) groups excluding carboxylic acids is 3. The Morgan fingerprint density at radius 1 is 1.09 bits per heavy atom. The molecule has 184 valence electrons. The third kappa shape index (κ3) is 5.87. The number of nitrogens with zero attached hydrogens (tertiary/aromatic N) is 2. The van der Waals surface area contributed by atoms with Gasteiger partial charge in [0.2, 0.25) is 5.91 Å². The zero-order chi connectivity index (χ0) is 25.5. The van der Waals surface area contributed by atoms with Gasteiger partial charge in [0.25, 0.3) is 11.8 Å². The topological polar surface area (TPSA) is 150 Å². The molecule has 1 aromatic heterocycles. The molecular formula is C24H27N5O5S. The quantitative estimate of drug-likeness (QED) is 0.388. The molecule has 10 nitrogen and oxygen atoms in total. The summed E-state index contributed by atoms with van der Waals surface area (Å²) in [6.45, 7) is 1.94. The van der Waals surface area contributed by atoms with Crippen LogP contribution in [0.5, 0.6) is 11.5 Å². The minimum Gasteiger partial charge on any atom is -0.497 e. The van der Waals surface area contributed by atoms with E-state index in [2.05, 4.69) is 9.69 Å². The predicted octanol–water partition coefficient (Wildman–Crippen LogP) is 2.19. The maximum absolute atomic E-state index is 13.5. The lowest BCUT2D eigenvalue weighted by Crippen LogP contribution is -2.47. The van der Waals surface area contributed by atoms with Gasteiger partial charge in [0.1, 0.15) is 22.4 Å². The fourth-order valence-electron chi connectivity index (χ4n) is 3.38. The summed E-state index contributed by atoms with van der Waals surface area (Å²) >= 11 is 0.762. The Labute approximate surface area is 207 Å². The molecule has 3 aromatic rings. The normalized spacial score (nSPS) is 11.4. The summed E-state index contributed by atoms with van der Waals surface area (Å²) in [5.41, 5.74) is 12.6. The number of amides is 3. The number of nitrogens with one attached hydrogen (secondary N) is 1. The van der Waals surface area contributed by atoms with E-state index in [0.717, 1.165) is 17.1 Å². The lowest BCUT2D eigenvalue weighted by molar-refractivity contribution is -0.125. The lowest BCUT2D eigenvalue weighted by Gasteiger charge is -2.29. The van der Waals surface area contributed by atoms with Gasteiger partial charge in [0.05, 0.1) is 26.5 Å². The van der Waals surface area contributed by atoms with Crippen LogP contribution in [0.3, 0.4) is 0 Å². The number of primary amides is 1. The van der Waals surface area contributed by atoms with Crippen molar-refractivity contribution in [2.24, 2.45) is 5.73 Å². The summed E-state index contributed by atoms with van der Waals surface area (Å²) in [4.78, 5) is 39.6. The first-order valence-electron chi connectivity index (χ1n) is 10.6. The molecule has 11 heteroatoms. The average molecular weight is 498 g/mol. The van der Waals surface area contributed by atoms with Crippen molar-refractivity contribution in [1.82, 2.24) is 14.6 Å². The van der Waals surface area contributed by atoms with E-state index in [4.69, 9.17) is 20.9 Å². The molecule has 0 fully saturated rings. The minimum absolute atomic E-state index is 0.0310. The summed E-state index contributed by atoms with van der Waals surface area (Å²) in [7, 11) is 3.10. The number of para-hydroxylation sites is 1. The van der Waals surface area contributed by atoms with E-state index in [1.807, 2.05) is 12.1 Å². The third-order valence-electron chi connectivity index (χ3n) is 5.42. The summed E-state index contributed by atoms with van der Waals surface area (Å²) in [6.07, 6.45) is 0. The Morgan fingerprint density at radius 2 is 1.77 bits per heavy atom. The number of carbonyl (C=O) groups is 3. The SMILES string of the molecule is COc1ccc(CNC(=O)[C@H](C)N(Cc2ccccc2OC)C(=O)c2snc(C(N)=O)c2N)cc1. The van der Waals surface area contributed by atoms with Crippen LogP contribution in [0.2, 0.25) is 0 Å². The molecule has 3 amide bonds. The predicted molar refractivity (Wildman–Crippen MR) is 132 cm³/mol. The van der Waals surface area contributed by atoms with Crippen molar-refractivity contribution in [3.8, 4) is 11.5 Å². The van der Waals surface area contributed by atoms with E-state index < -0.39 is 17.9 Å². The molecule has 0 aliphatic rings. The van der Waals surface area contributed by atoms with Crippen LogP contribution >= 0.6 is 11.5 Å². The van der Waals surface area contributed by atoms with Gasteiger partial charge >= 0.3 is 0 Å². The van der Waals surface area contributed by atoms with Crippen molar-refractivity contribution in [3.63, 3.8) is 0 Å². The van der Waals surface area contributed by atoms with Crippen molar-refractivity contribution in [1.29, 1.82) is 0 Å². The maximum atomic E-state index is 13.5. The minimum atomic E-state index is -0.885. The second-order valence-electron chi connectivity index (χ2n) is 7.62. The highest BCUT2D eigenvalue weighted by Crippen LogP contribution is 2.27. The fraction of sp³-hybridized carbons (Fsp3) is 0.250. The number of nitrogen functional groups attached to an aromatic ring is 1. The summed E-state index contributed by atoms with van der Waals surface area (Å²) in [5, 5.41) is 2.85. The van der Waals surface area contributed by atoms with Crippen molar-refractivity contribution in [3.05, 3.63) is 70.2 Å². The Morgan fingerprint density at radius 3 is 2.37 bits per heavy atom. The Kier molecular flexibility index (Phi) is 8.26. The number of aromatic nitrogens is 1. The number of ether oxygens (including phenoxy) is 2. The molecular weight excluding hydrogens is 470 g/mol. The van der Waals surface area contributed by atoms with Gasteiger partial charge in [0.15, 0.2) is 5.69 Å².